The summed E-state index contributed by atoms with van der Waals surface area (Å²) in [6.07, 6.45) is -0.420. The van der Waals surface area contributed by atoms with Crippen LogP contribution in [-0.4, -0.2) is 40.0 Å². The minimum Gasteiger partial charge on any atom is -0.481 e. The van der Waals surface area contributed by atoms with Crippen molar-refractivity contribution in [2.75, 3.05) is 19.8 Å². The largest absolute Gasteiger partial charge is 0.481 e. The summed E-state index contributed by atoms with van der Waals surface area (Å²) in [6, 6.07) is 0. The van der Waals surface area contributed by atoms with E-state index in [2.05, 4.69) is 9.97 Å². The number of anilines is 1. The molecule has 0 amide bonds. The number of hydrogen-bond donors (Lipinski definition) is 3. The van der Waals surface area contributed by atoms with Crippen LogP contribution < -0.4 is 11.3 Å². The number of nitrogen functional groups attached to an aromatic ring is 1. The summed E-state index contributed by atoms with van der Waals surface area (Å²) in [5.74, 6) is -0.719. The molecule has 0 atom stereocenters. The van der Waals surface area contributed by atoms with Gasteiger partial charge in [-0.05, 0) is 14.1 Å². The predicted octanol–water partition coefficient (Wildman–Crippen LogP) is -0.959. The van der Waals surface area contributed by atoms with Crippen LogP contribution in [0.15, 0.2) is 4.79 Å². The topological polar surface area (TPSA) is 112 Å². The lowest BCUT2D eigenvalue weighted by Gasteiger charge is -2.10. The summed E-state index contributed by atoms with van der Waals surface area (Å²) in [5, 5.41) is 8.59. The molecule has 0 spiro atoms. The molecule has 1 aromatic rings. The Balaban J connectivity index is 3.07. The van der Waals surface area contributed by atoms with Crippen molar-refractivity contribution in [1.29, 1.82) is 0 Å². The maximum absolute atomic E-state index is 11.5. The molecule has 88 valence electrons. The SMILES string of the molecule is CN(C)Cc1nc(N)c(CC(=O)O)c(=O)[nH]1. The number of nitrogens with zero attached hydrogens (tertiary/aromatic N) is 2. The fourth-order valence-electron chi connectivity index (χ4n) is 1.26. The monoisotopic (exact) mass is 226 g/mol. The van der Waals surface area contributed by atoms with Crippen LogP contribution in [0.4, 0.5) is 5.82 Å². The Kier molecular flexibility index (Phi) is 3.62. The minimum atomic E-state index is -1.11. The second kappa shape index (κ2) is 4.75. The van der Waals surface area contributed by atoms with E-state index in [4.69, 9.17) is 10.8 Å². The molecule has 7 nitrogen and oxygen atoms in total. The van der Waals surface area contributed by atoms with Crippen molar-refractivity contribution in [3.63, 3.8) is 0 Å². The quantitative estimate of drug-likeness (QED) is 0.609. The van der Waals surface area contributed by atoms with E-state index in [0.29, 0.717) is 12.4 Å². The van der Waals surface area contributed by atoms with Crippen LogP contribution in [0.5, 0.6) is 0 Å². The average molecular weight is 226 g/mol. The molecule has 4 N–H and O–H groups in total. The van der Waals surface area contributed by atoms with Gasteiger partial charge in [-0.2, -0.15) is 0 Å². The van der Waals surface area contributed by atoms with Crippen molar-refractivity contribution in [2.45, 2.75) is 13.0 Å². The highest BCUT2D eigenvalue weighted by Crippen LogP contribution is 2.04. The van der Waals surface area contributed by atoms with Gasteiger partial charge in [0.2, 0.25) is 0 Å². The molecule has 1 rings (SSSR count). The van der Waals surface area contributed by atoms with Gasteiger partial charge in [0.15, 0.2) is 0 Å². The second-order valence-electron chi connectivity index (χ2n) is 3.68. The summed E-state index contributed by atoms with van der Waals surface area (Å²) in [5.41, 5.74) is 5.03. The molecule has 0 radical (unpaired) electrons. The van der Waals surface area contributed by atoms with Gasteiger partial charge < -0.3 is 20.7 Å². The average Bonchev–Trinajstić information content (AvgIpc) is 2.10. The van der Waals surface area contributed by atoms with Crippen molar-refractivity contribution in [3.05, 3.63) is 21.7 Å². The maximum atomic E-state index is 11.5. The van der Waals surface area contributed by atoms with Crippen LogP contribution in [0.3, 0.4) is 0 Å². The molecular weight excluding hydrogens is 212 g/mol. The molecule has 16 heavy (non-hydrogen) atoms. The smallest absolute Gasteiger partial charge is 0.308 e. The molecule has 1 heterocycles. The zero-order valence-electron chi connectivity index (χ0n) is 9.15. The van der Waals surface area contributed by atoms with Gasteiger partial charge >= 0.3 is 5.97 Å². The summed E-state index contributed by atoms with van der Waals surface area (Å²) < 4.78 is 0. The van der Waals surface area contributed by atoms with E-state index in [9.17, 15) is 9.59 Å². The third-order valence-corrected chi connectivity index (χ3v) is 1.89. The number of carboxylic acids is 1. The number of H-pyrrole nitrogens is 1. The summed E-state index contributed by atoms with van der Waals surface area (Å²) in [7, 11) is 3.64. The summed E-state index contributed by atoms with van der Waals surface area (Å²) in [6.45, 7) is 0.437. The lowest BCUT2D eigenvalue weighted by Crippen LogP contribution is -2.24. The molecule has 0 unspecified atom stereocenters. The van der Waals surface area contributed by atoms with Crippen LogP contribution in [0.25, 0.3) is 0 Å². The fourth-order valence-corrected chi connectivity index (χ4v) is 1.26. The molecule has 0 aromatic carbocycles. The Morgan fingerprint density at radius 3 is 2.62 bits per heavy atom. The Morgan fingerprint density at radius 1 is 1.56 bits per heavy atom. The molecular formula is C9H14N4O3. The van der Waals surface area contributed by atoms with Crippen molar-refractivity contribution in [2.24, 2.45) is 0 Å². The van der Waals surface area contributed by atoms with Crippen molar-refractivity contribution >= 4 is 11.8 Å². The number of aromatic amines is 1. The van der Waals surface area contributed by atoms with Gasteiger partial charge in [-0.15, -0.1) is 0 Å². The Bertz CT molecular complexity index is 453. The lowest BCUT2D eigenvalue weighted by atomic mass is 10.2. The first kappa shape index (κ1) is 12.2. The minimum absolute atomic E-state index is 0.00462. The molecule has 0 saturated carbocycles. The number of carbonyl (C=O) groups is 1. The lowest BCUT2D eigenvalue weighted by molar-refractivity contribution is -0.136. The van der Waals surface area contributed by atoms with Gasteiger partial charge in [0.25, 0.3) is 5.56 Å². The maximum Gasteiger partial charge on any atom is 0.308 e. The standard InChI is InChI=1S/C9H14N4O3/c1-13(2)4-6-11-8(10)5(3-7(14)15)9(16)12-6/h3-4H2,1-2H3,(H,14,15)(H3,10,11,12,16). The Labute approximate surface area is 91.9 Å². The molecule has 7 heteroatoms. The van der Waals surface area contributed by atoms with E-state index in [-0.39, 0.29) is 11.4 Å². The van der Waals surface area contributed by atoms with Crippen molar-refractivity contribution in [3.8, 4) is 0 Å². The Hall–Kier alpha value is -1.89. The van der Waals surface area contributed by atoms with E-state index >= 15 is 0 Å². The highest BCUT2D eigenvalue weighted by atomic mass is 16.4. The van der Waals surface area contributed by atoms with Gasteiger partial charge in [-0.25, -0.2) is 4.98 Å². The van der Waals surface area contributed by atoms with Gasteiger partial charge in [0.05, 0.1) is 18.5 Å². The number of hydrogen-bond acceptors (Lipinski definition) is 5. The third-order valence-electron chi connectivity index (χ3n) is 1.89. The molecule has 0 fully saturated rings. The zero-order chi connectivity index (χ0) is 12.3. The van der Waals surface area contributed by atoms with Gasteiger partial charge in [0.1, 0.15) is 11.6 Å². The molecule has 0 saturated heterocycles. The van der Waals surface area contributed by atoms with Gasteiger partial charge in [-0.3, -0.25) is 9.59 Å². The molecule has 0 bridgehead atoms. The van der Waals surface area contributed by atoms with Crippen molar-refractivity contribution in [1.82, 2.24) is 14.9 Å². The van der Waals surface area contributed by atoms with E-state index < -0.39 is 17.9 Å². The van der Waals surface area contributed by atoms with Crippen LogP contribution >= 0.6 is 0 Å². The fraction of sp³-hybridized carbons (Fsp3) is 0.444. The van der Waals surface area contributed by atoms with Crippen LogP contribution in [-0.2, 0) is 17.8 Å². The Morgan fingerprint density at radius 2 is 2.19 bits per heavy atom. The molecule has 1 aromatic heterocycles. The number of aromatic nitrogens is 2. The van der Waals surface area contributed by atoms with E-state index in [1.807, 2.05) is 19.0 Å². The van der Waals surface area contributed by atoms with E-state index in [1.54, 1.807) is 0 Å². The van der Waals surface area contributed by atoms with Crippen LogP contribution in [0, 0.1) is 0 Å². The highest BCUT2D eigenvalue weighted by molar-refractivity contribution is 5.71. The van der Waals surface area contributed by atoms with Gasteiger partial charge in [-0.1, -0.05) is 0 Å². The molecule has 0 aliphatic heterocycles. The van der Waals surface area contributed by atoms with Crippen LogP contribution in [0.1, 0.15) is 11.4 Å². The summed E-state index contributed by atoms with van der Waals surface area (Å²) in [4.78, 5) is 30.3. The van der Waals surface area contributed by atoms with E-state index in [1.165, 1.54) is 0 Å². The number of carboxylic acid groups (broad SMARTS) is 1. The molecule has 0 aliphatic rings. The number of nitrogens with two attached hydrogens (primary N) is 1. The number of rotatable bonds is 4. The normalized spacial score (nSPS) is 10.7. The van der Waals surface area contributed by atoms with Gasteiger partial charge in [0, 0.05) is 0 Å². The second-order valence-corrected chi connectivity index (χ2v) is 3.68. The molecule has 0 aliphatic carbocycles. The predicted molar refractivity (Wildman–Crippen MR) is 58.0 cm³/mol. The van der Waals surface area contributed by atoms with Crippen LogP contribution in [0.2, 0.25) is 0 Å². The first-order valence-electron chi connectivity index (χ1n) is 4.64. The van der Waals surface area contributed by atoms with E-state index in [0.717, 1.165) is 0 Å². The van der Waals surface area contributed by atoms with Crippen molar-refractivity contribution < 1.29 is 9.90 Å². The zero-order valence-corrected chi connectivity index (χ0v) is 9.15. The highest BCUT2D eigenvalue weighted by Gasteiger charge is 2.12. The summed E-state index contributed by atoms with van der Waals surface area (Å²) >= 11 is 0. The number of nitrogens with one attached hydrogen (secondary N) is 1. The number of aliphatic carboxylic acids is 1. The third kappa shape index (κ3) is 3.06. The first-order chi connectivity index (χ1) is 7.40. The first-order valence-corrected chi connectivity index (χ1v) is 4.64.